The van der Waals surface area contributed by atoms with Gasteiger partial charge < -0.3 is 9.88 Å². The minimum Gasteiger partial charge on any atom is -0.365 e. The van der Waals surface area contributed by atoms with Crippen LogP contribution in [0.1, 0.15) is 5.56 Å². The normalized spacial score (nSPS) is 10.8. The van der Waals surface area contributed by atoms with Gasteiger partial charge in [-0.1, -0.05) is 29.3 Å². The number of nitro groups is 1. The van der Waals surface area contributed by atoms with Gasteiger partial charge in [-0.05, 0) is 23.8 Å². The van der Waals surface area contributed by atoms with E-state index in [9.17, 15) is 14.9 Å². The molecule has 9 heteroatoms. The number of aromatic amines is 1. The van der Waals surface area contributed by atoms with Crippen LogP contribution in [0.3, 0.4) is 0 Å². The van der Waals surface area contributed by atoms with Crippen molar-refractivity contribution in [1.29, 1.82) is 0 Å². The Hall–Kier alpha value is -2.64. The number of nitrogens with one attached hydrogen (secondary N) is 1. The zero-order chi connectivity index (χ0) is 18.1. The zero-order valence-electron chi connectivity index (χ0n) is 13.0. The van der Waals surface area contributed by atoms with Gasteiger partial charge >= 0.3 is 0 Å². The van der Waals surface area contributed by atoms with Gasteiger partial charge in [0.1, 0.15) is 5.69 Å². The van der Waals surface area contributed by atoms with E-state index in [1.807, 2.05) is 0 Å². The van der Waals surface area contributed by atoms with E-state index in [1.54, 1.807) is 30.1 Å². The average Bonchev–Trinajstić information content (AvgIpc) is 2.56. The van der Waals surface area contributed by atoms with Crippen LogP contribution in [0.15, 0.2) is 41.5 Å². The molecule has 25 heavy (non-hydrogen) atoms. The maximum atomic E-state index is 11.8. The van der Waals surface area contributed by atoms with Crippen molar-refractivity contribution in [2.24, 2.45) is 0 Å². The second-order valence-corrected chi connectivity index (χ2v) is 6.28. The van der Waals surface area contributed by atoms with E-state index in [4.69, 9.17) is 23.2 Å². The van der Waals surface area contributed by atoms with Crippen molar-refractivity contribution < 1.29 is 4.92 Å². The molecule has 128 valence electrons. The molecule has 0 atom stereocenters. The Morgan fingerprint density at radius 2 is 2.04 bits per heavy atom. The summed E-state index contributed by atoms with van der Waals surface area (Å²) in [6.07, 6.45) is 1.26. The molecule has 0 saturated heterocycles. The molecule has 0 amide bonds. The van der Waals surface area contributed by atoms with E-state index >= 15 is 0 Å². The Bertz CT molecular complexity index is 1040. The maximum Gasteiger partial charge on any atom is 0.293 e. The van der Waals surface area contributed by atoms with E-state index in [0.29, 0.717) is 27.8 Å². The van der Waals surface area contributed by atoms with Crippen molar-refractivity contribution in [3.05, 3.63) is 72.7 Å². The molecule has 0 aliphatic rings. The molecule has 0 aliphatic carbocycles. The molecule has 0 bridgehead atoms. The molecular formula is C16H12Cl2N4O3. The van der Waals surface area contributed by atoms with Gasteiger partial charge in [0.25, 0.3) is 11.2 Å². The number of aromatic nitrogens is 2. The molecule has 0 fully saturated rings. The number of nitro benzene ring substituents is 1. The topological polar surface area (TPSA) is 92.1 Å². The van der Waals surface area contributed by atoms with Gasteiger partial charge in [0, 0.05) is 29.7 Å². The third-order valence-corrected chi connectivity index (χ3v) is 4.35. The Labute approximate surface area is 152 Å². The Morgan fingerprint density at radius 3 is 2.72 bits per heavy atom. The monoisotopic (exact) mass is 378 g/mol. The predicted octanol–water partition coefficient (Wildman–Crippen LogP) is 3.77. The molecule has 2 aromatic carbocycles. The lowest BCUT2D eigenvalue weighted by molar-refractivity contribution is -0.384. The lowest BCUT2D eigenvalue weighted by atomic mass is 10.1. The summed E-state index contributed by atoms with van der Waals surface area (Å²) in [5, 5.41) is 12.6. The van der Waals surface area contributed by atoms with Crippen LogP contribution in [0.4, 0.5) is 11.4 Å². The molecule has 1 aromatic heterocycles. The first-order chi connectivity index (χ1) is 11.9. The van der Waals surface area contributed by atoms with Crippen molar-refractivity contribution in [1.82, 2.24) is 9.97 Å². The molecule has 0 saturated carbocycles. The van der Waals surface area contributed by atoms with Crippen LogP contribution in [0.5, 0.6) is 0 Å². The lowest BCUT2D eigenvalue weighted by Crippen LogP contribution is -2.18. The number of rotatable bonds is 4. The molecular weight excluding hydrogens is 367 g/mol. The standard InChI is InChI=1S/C16H12Cl2N4O3/c1-21(7-9-2-3-10(17)4-12(9)18)14-6-13-11(5-15(14)22(24)25)16(23)20-8-19-13/h2-6,8H,7H2,1H3,(H,19,20,23). The van der Waals surface area contributed by atoms with Crippen LogP contribution in [0.2, 0.25) is 10.0 Å². The number of anilines is 1. The van der Waals surface area contributed by atoms with Crippen molar-refractivity contribution in [2.75, 3.05) is 11.9 Å². The summed E-state index contributed by atoms with van der Waals surface area (Å²) in [6.45, 7) is 0.325. The Balaban J connectivity index is 2.08. The summed E-state index contributed by atoms with van der Waals surface area (Å²) in [7, 11) is 1.70. The van der Waals surface area contributed by atoms with Gasteiger partial charge in [-0.3, -0.25) is 14.9 Å². The highest BCUT2D eigenvalue weighted by molar-refractivity contribution is 6.35. The predicted molar refractivity (Wildman–Crippen MR) is 97.6 cm³/mol. The minimum absolute atomic E-state index is 0.163. The number of nitrogens with zero attached hydrogens (tertiary/aromatic N) is 3. The summed E-state index contributed by atoms with van der Waals surface area (Å²) < 4.78 is 0. The first-order valence-corrected chi connectivity index (χ1v) is 7.93. The van der Waals surface area contributed by atoms with E-state index in [-0.39, 0.29) is 11.1 Å². The van der Waals surface area contributed by atoms with E-state index in [1.165, 1.54) is 18.5 Å². The van der Waals surface area contributed by atoms with Crippen LogP contribution in [-0.4, -0.2) is 21.9 Å². The number of H-pyrrole nitrogens is 1. The quantitative estimate of drug-likeness (QED) is 0.550. The second kappa shape index (κ2) is 6.70. The van der Waals surface area contributed by atoms with Crippen LogP contribution in [0, 0.1) is 10.1 Å². The SMILES string of the molecule is CN(Cc1ccc(Cl)cc1Cl)c1cc2nc[nH]c(=O)c2cc1[N+](=O)[O-]. The minimum atomic E-state index is -0.527. The highest BCUT2D eigenvalue weighted by atomic mass is 35.5. The molecule has 3 aromatic rings. The molecule has 0 radical (unpaired) electrons. The molecule has 0 spiro atoms. The second-order valence-electron chi connectivity index (χ2n) is 5.44. The fraction of sp³-hybridized carbons (Fsp3) is 0.125. The van der Waals surface area contributed by atoms with Gasteiger partial charge in [0.05, 0.1) is 22.2 Å². The molecule has 1 heterocycles. The van der Waals surface area contributed by atoms with Crippen LogP contribution < -0.4 is 10.5 Å². The summed E-state index contributed by atoms with van der Waals surface area (Å²) in [5.74, 6) is 0. The Morgan fingerprint density at radius 1 is 1.28 bits per heavy atom. The molecule has 0 aliphatic heterocycles. The fourth-order valence-electron chi connectivity index (χ4n) is 2.54. The third-order valence-electron chi connectivity index (χ3n) is 3.77. The largest absolute Gasteiger partial charge is 0.365 e. The number of halogens is 2. The van der Waals surface area contributed by atoms with E-state index in [2.05, 4.69) is 9.97 Å². The maximum absolute atomic E-state index is 11.8. The molecule has 7 nitrogen and oxygen atoms in total. The first-order valence-electron chi connectivity index (χ1n) is 7.17. The van der Waals surface area contributed by atoms with Gasteiger partial charge in [0.15, 0.2) is 0 Å². The van der Waals surface area contributed by atoms with E-state index < -0.39 is 10.5 Å². The lowest BCUT2D eigenvalue weighted by Gasteiger charge is -2.20. The summed E-state index contributed by atoms with van der Waals surface area (Å²) in [5.41, 5.74) is 0.864. The highest BCUT2D eigenvalue weighted by Gasteiger charge is 2.20. The van der Waals surface area contributed by atoms with Gasteiger partial charge in [-0.2, -0.15) is 0 Å². The molecule has 0 unspecified atom stereocenters. The first kappa shape index (κ1) is 17.2. The Kier molecular flexibility index (Phi) is 4.61. The van der Waals surface area contributed by atoms with Crippen molar-refractivity contribution in [3.8, 4) is 0 Å². The number of fused-ring (bicyclic) bond motifs is 1. The molecule has 1 N–H and O–H groups in total. The average molecular weight is 379 g/mol. The third kappa shape index (κ3) is 3.42. The number of benzene rings is 2. The summed E-state index contributed by atoms with van der Waals surface area (Å²) >= 11 is 12.1. The fourth-order valence-corrected chi connectivity index (χ4v) is 3.00. The van der Waals surface area contributed by atoms with Crippen molar-refractivity contribution in [2.45, 2.75) is 6.54 Å². The smallest absolute Gasteiger partial charge is 0.293 e. The zero-order valence-corrected chi connectivity index (χ0v) is 14.5. The van der Waals surface area contributed by atoms with Crippen LogP contribution in [0.25, 0.3) is 10.9 Å². The van der Waals surface area contributed by atoms with Gasteiger partial charge in [0.2, 0.25) is 0 Å². The van der Waals surface area contributed by atoms with Gasteiger partial charge in [-0.15, -0.1) is 0 Å². The molecule has 3 rings (SSSR count). The van der Waals surface area contributed by atoms with Crippen molar-refractivity contribution >= 4 is 45.5 Å². The summed E-state index contributed by atoms with van der Waals surface area (Å²) in [6, 6.07) is 7.83. The van der Waals surface area contributed by atoms with E-state index in [0.717, 1.165) is 5.56 Å². The van der Waals surface area contributed by atoms with Crippen LogP contribution >= 0.6 is 23.2 Å². The summed E-state index contributed by atoms with van der Waals surface area (Å²) in [4.78, 5) is 30.9. The van der Waals surface area contributed by atoms with Crippen LogP contribution in [-0.2, 0) is 6.54 Å². The highest BCUT2D eigenvalue weighted by Crippen LogP contribution is 2.32. The van der Waals surface area contributed by atoms with Crippen molar-refractivity contribution in [3.63, 3.8) is 0 Å². The van der Waals surface area contributed by atoms with Gasteiger partial charge in [-0.25, -0.2) is 4.98 Å². The number of hydrogen-bond donors (Lipinski definition) is 1. The number of hydrogen-bond acceptors (Lipinski definition) is 5.